The molecule has 206 valence electrons. The maximum Gasteiger partial charge on any atom is 0.149 e. The average molecular weight is 580 g/mol. The zero-order chi connectivity index (χ0) is 29.0. The molecule has 1 aliphatic heterocycles. The van der Waals surface area contributed by atoms with Crippen molar-refractivity contribution >= 4 is 44.1 Å². The quantitative estimate of drug-likeness (QED) is 0.194. The Hall–Kier alpha value is -5.38. The highest BCUT2D eigenvalue weighted by atomic mass is 32.2. The van der Waals surface area contributed by atoms with E-state index in [0.717, 1.165) is 43.7 Å². The number of aromatic nitrogens is 1. The van der Waals surface area contributed by atoms with Crippen LogP contribution in [0, 0.1) is 0 Å². The lowest BCUT2D eigenvalue weighted by molar-refractivity contribution is 0.456. The van der Waals surface area contributed by atoms with E-state index in [1.54, 1.807) is 11.8 Å². The number of ether oxygens (including phenoxy) is 1. The van der Waals surface area contributed by atoms with E-state index in [1.807, 2.05) is 24.4 Å². The lowest BCUT2D eigenvalue weighted by atomic mass is 9.91. The Balaban J connectivity index is 1.13. The molecule has 2 nitrogen and oxygen atoms in total. The number of rotatable bonds is 3. The second kappa shape index (κ2) is 10.1. The van der Waals surface area contributed by atoms with Crippen LogP contribution in [0.4, 0.5) is 0 Å². The third kappa shape index (κ3) is 4.09. The number of fused-ring (bicyclic) bond motifs is 8. The van der Waals surface area contributed by atoms with E-state index >= 15 is 0 Å². The van der Waals surface area contributed by atoms with E-state index in [4.69, 9.17) is 9.72 Å². The summed E-state index contributed by atoms with van der Waals surface area (Å²) in [5, 5.41) is 7.56. The monoisotopic (exact) mass is 579 g/mol. The number of benzene rings is 7. The first-order valence-electron chi connectivity index (χ1n) is 14.8. The van der Waals surface area contributed by atoms with Crippen LogP contribution in [-0.4, -0.2) is 4.98 Å². The summed E-state index contributed by atoms with van der Waals surface area (Å²) >= 11 is 1.75. The molecule has 0 N–H and O–H groups in total. The van der Waals surface area contributed by atoms with Crippen LogP contribution in [0.2, 0.25) is 0 Å². The number of pyridine rings is 1. The van der Waals surface area contributed by atoms with Gasteiger partial charge in [-0.25, -0.2) is 0 Å². The van der Waals surface area contributed by atoms with Gasteiger partial charge in [-0.2, -0.15) is 0 Å². The van der Waals surface area contributed by atoms with Gasteiger partial charge in [0.25, 0.3) is 0 Å². The summed E-state index contributed by atoms with van der Waals surface area (Å²) < 4.78 is 6.39. The van der Waals surface area contributed by atoms with Crippen LogP contribution in [0.3, 0.4) is 0 Å². The molecule has 0 spiro atoms. The lowest BCUT2D eigenvalue weighted by Gasteiger charge is -2.22. The van der Waals surface area contributed by atoms with Crippen LogP contribution < -0.4 is 4.74 Å². The molecule has 0 unspecified atom stereocenters. The summed E-state index contributed by atoms with van der Waals surface area (Å²) in [4.78, 5) is 7.21. The van der Waals surface area contributed by atoms with Crippen molar-refractivity contribution in [1.82, 2.24) is 4.98 Å². The fraction of sp³-hybridized carbons (Fsp3) is 0. The summed E-state index contributed by atoms with van der Waals surface area (Å²) in [7, 11) is 0. The maximum atomic E-state index is 6.39. The molecule has 1 aliphatic rings. The Morgan fingerprint density at radius 3 is 1.84 bits per heavy atom. The highest BCUT2D eigenvalue weighted by molar-refractivity contribution is 7.99. The minimum absolute atomic E-state index is 0.894. The predicted octanol–water partition coefficient (Wildman–Crippen LogP) is 11.8. The van der Waals surface area contributed by atoms with Crippen molar-refractivity contribution in [2.24, 2.45) is 0 Å². The molecule has 0 saturated carbocycles. The van der Waals surface area contributed by atoms with Crippen LogP contribution in [0.25, 0.3) is 65.8 Å². The first kappa shape index (κ1) is 25.1. The number of para-hydroxylation sites is 2. The van der Waals surface area contributed by atoms with Crippen LogP contribution in [0.1, 0.15) is 0 Å². The van der Waals surface area contributed by atoms with Crippen molar-refractivity contribution in [3.05, 3.63) is 152 Å². The van der Waals surface area contributed by atoms with Gasteiger partial charge in [0, 0.05) is 22.9 Å². The topological polar surface area (TPSA) is 22.1 Å². The molecule has 2 heterocycles. The van der Waals surface area contributed by atoms with Gasteiger partial charge in [0.1, 0.15) is 11.5 Å². The SMILES string of the molecule is c1ccc(-c2ccc3c4ccc(-c5ccc(-c6cccc7c6Oc6ccccc6S7)cn5)cc4c4ccccc4c3c2)cc1. The van der Waals surface area contributed by atoms with Gasteiger partial charge >= 0.3 is 0 Å². The second-order valence-electron chi connectivity index (χ2n) is 11.1. The molecule has 0 saturated heterocycles. The standard InChI is InChI=1S/C41H25NOS/c1-2-9-26(10-3-1)27-17-20-33-34-21-18-28(24-36(34)32-12-5-4-11-31(32)35(33)23-27)37-22-19-29(25-42-37)30-13-8-16-40-41(30)43-38-14-6-7-15-39(38)44-40/h1-25H. The van der Waals surface area contributed by atoms with Gasteiger partial charge < -0.3 is 4.74 Å². The smallest absolute Gasteiger partial charge is 0.149 e. The minimum atomic E-state index is 0.894. The molecule has 9 rings (SSSR count). The predicted molar refractivity (Wildman–Crippen MR) is 184 cm³/mol. The third-order valence-electron chi connectivity index (χ3n) is 8.57. The molecule has 0 amide bonds. The summed E-state index contributed by atoms with van der Waals surface area (Å²) in [6, 6.07) is 51.7. The average Bonchev–Trinajstić information content (AvgIpc) is 3.10. The van der Waals surface area contributed by atoms with E-state index in [0.29, 0.717) is 0 Å². The molecule has 8 aromatic rings. The Morgan fingerprint density at radius 1 is 0.432 bits per heavy atom. The molecule has 3 heteroatoms. The van der Waals surface area contributed by atoms with Crippen LogP contribution >= 0.6 is 11.8 Å². The lowest BCUT2D eigenvalue weighted by Crippen LogP contribution is -1.97. The summed E-state index contributed by atoms with van der Waals surface area (Å²) in [5.41, 5.74) is 6.60. The van der Waals surface area contributed by atoms with Gasteiger partial charge in [-0.1, -0.05) is 121 Å². The van der Waals surface area contributed by atoms with E-state index < -0.39 is 0 Å². The maximum absolute atomic E-state index is 6.39. The number of hydrogen-bond donors (Lipinski definition) is 0. The van der Waals surface area contributed by atoms with Crippen LogP contribution in [-0.2, 0) is 0 Å². The summed E-state index contributed by atoms with van der Waals surface area (Å²) in [6.07, 6.45) is 1.97. The Kier molecular flexibility index (Phi) is 5.78. The minimum Gasteiger partial charge on any atom is -0.454 e. The third-order valence-corrected chi connectivity index (χ3v) is 9.67. The van der Waals surface area contributed by atoms with Gasteiger partial charge in [-0.15, -0.1) is 0 Å². The van der Waals surface area contributed by atoms with Gasteiger partial charge in [-0.3, -0.25) is 4.98 Å². The normalized spacial score (nSPS) is 12.2. The van der Waals surface area contributed by atoms with Crippen LogP contribution in [0.15, 0.2) is 162 Å². The first-order chi connectivity index (χ1) is 21.8. The molecular formula is C41H25NOS. The highest BCUT2D eigenvalue weighted by Gasteiger charge is 2.21. The largest absolute Gasteiger partial charge is 0.454 e. The van der Waals surface area contributed by atoms with E-state index in [1.165, 1.54) is 43.4 Å². The first-order valence-corrected chi connectivity index (χ1v) is 15.6. The zero-order valence-electron chi connectivity index (χ0n) is 23.7. The van der Waals surface area contributed by atoms with E-state index in [-0.39, 0.29) is 0 Å². The molecule has 0 fully saturated rings. The zero-order valence-corrected chi connectivity index (χ0v) is 24.5. The summed E-state index contributed by atoms with van der Waals surface area (Å²) in [5.74, 6) is 1.79. The van der Waals surface area contributed by atoms with Crippen molar-refractivity contribution in [2.75, 3.05) is 0 Å². The van der Waals surface area contributed by atoms with Crippen molar-refractivity contribution < 1.29 is 4.74 Å². The fourth-order valence-corrected chi connectivity index (χ4v) is 7.41. The molecule has 0 atom stereocenters. The Morgan fingerprint density at radius 2 is 1.07 bits per heavy atom. The van der Waals surface area contributed by atoms with Crippen molar-refractivity contribution in [2.45, 2.75) is 9.79 Å². The molecule has 44 heavy (non-hydrogen) atoms. The van der Waals surface area contributed by atoms with E-state index in [9.17, 15) is 0 Å². The molecular weight excluding hydrogens is 555 g/mol. The van der Waals surface area contributed by atoms with Crippen molar-refractivity contribution in [3.63, 3.8) is 0 Å². The second-order valence-corrected chi connectivity index (χ2v) is 12.2. The van der Waals surface area contributed by atoms with Crippen molar-refractivity contribution in [1.29, 1.82) is 0 Å². The van der Waals surface area contributed by atoms with Gasteiger partial charge in [-0.05, 0) is 79.8 Å². The van der Waals surface area contributed by atoms with Gasteiger partial charge in [0.15, 0.2) is 0 Å². The molecule has 7 aromatic carbocycles. The Labute approximate surface area is 259 Å². The molecule has 0 aliphatic carbocycles. The highest BCUT2D eigenvalue weighted by Crippen LogP contribution is 2.50. The Bertz CT molecular complexity index is 2360. The van der Waals surface area contributed by atoms with Gasteiger partial charge in [0.2, 0.25) is 0 Å². The number of hydrogen-bond acceptors (Lipinski definition) is 3. The van der Waals surface area contributed by atoms with E-state index in [2.05, 4.69) is 127 Å². The van der Waals surface area contributed by atoms with Crippen molar-refractivity contribution in [3.8, 4) is 45.0 Å². The number of nitrogens with zero attached hydrogens (tertiary/aromatic N) is 1. The molecule has 1 aromatic heterocycles. The molecule has 0 radical (unpaired) electrons. The van der Waals surface area contributed by atoms with Crippen LogP contribution in [0.5, 0.6) is 11.5 Å². The molecule has 0 bridgehead atoms. The summed E-state index contributed by atoms with van der Waals surface area (Å²) in [6.45, 7) is 0. The van der Waals surface area contributed by atoms with Gasteiger partial charge in [0.05, 0.1) is 15.5 Å². The fourth-order valence-electron chi connectivity index (χ4n) is 6.43.